The second-order valence-electron chi connectivity index (χ2n) is 8.09. The van der Waals surface area contributed by atoms with E-state index >= 15 is 0 Å². The predicted octanol–water partition coefficient (Wildman–Crippen LogP) is 4.93. The van der Waals surface area contributed by atoms with E-state index in [1.54, 1.807) is 35.2 Å². The molecule has 5 rings (SSSR count). The van der Waals surface area contributed by atoms with E-state index in [1.165, 1.54) is 17.3 Å². The smallest absolute Gasteiger partial charge is 0.255 e. The first-order valence-corrected chi connectivity index (χ1v) is 12.2. The van der Waals surface area contributed by atoms with Crippen molar-refractivity contribution < 1.29 is 9.59 Å². The molecule has 0 radical (unpaired) electrons. The van der Waals surface area contributed by atoms with E-state index in [0.29, 0.717) is 16.4 Å². The molecule has 0 spiro atoms. The molecule has 35 heavy (non-hydrogen) atoms. The molecule has 2 N–H and O–H groups in total. The Morgan fingerprint density at radius 2 is 1.71 bits per heavy atom. The van der Waals surface area contributed by atoms with E-state index < -0.39 is 0 Å². The van der Waals surface area contributed by atoms with Crippen molar-refractivity contribution in [2.75, 3.05) is 16.4 Å². The van der Waals surface area contributed by atoms with Gasteiger partial charge in [0.15, 0.2) is 5.16 Å². The standard InChI is InChI=1S/C26H24N6O2S/c1-3-32-22-10-5-4-9-20(22)21-14-19(11-12-23(21)32)29-25(34)17-7-6-8-18(13-17)28-24(33)15-35-26-30-27-16-31(26)2/h4-14,16H,3,15H2,1-2H3,(H,28,33)(H,29,34). The van der Waals surface area contributed by atoms with E-state index in [1.807, 2.05) is 37.4 Å². The van der Waals surface area contributed by atoms with E-state index in [-0.39, 0.29) is 17.6 Å². The number of para-hydroxylation sites is 1. The third-order valence-electron chi connectivity index (χ3n) is 5.76. The van der Waals surface area contributed by atoms with Gasteiger partial charge in [-0.15, -0.1) is 10.2 Å². The number of aryl methyl sites for hydroxylation is 2. The summed E-state index contributed by atoms with van der Waals surface area (Å²) in [6.45, 7) is 2.99. The minimum absolute atomic E-state index is 0.187. The molecule has 176 valence electrons. The molecule has 0 bridgehead atoms. The molecule has 0 unspecified atom stereocenters. The van der Waals surface area contributed by atoms with Crippen LogP contribution in [0.1, 0.15) is 17.3 Å². The van der Waals surface area contributed by atoms with Crippen LogP contribution in [-0.2, 0) is 18.4 Å². The maximum atomic E-state index is 13.0. The van der Waals surface area contributed by atoms with Gasteiger partial charge in [-0.05, 0) is 49.4 Å². The fraction of sp³-hybridized carbons (Fsp3) is 0.154. The third-order valence-corrected chi connectivity index (χ3v) is 6.79. The number of nitrogens with one attached hydrogen (secondary N) is 2. The predicted molar refractivity (Wildman–Crippen MR) is 140 cm³/mol. The normalized spacial score (nSPS) is 11.1. The molecule has 0 saturated carbocycles. The fourth-order valence-electron chi connectivity index (χ4n) is 4.14. The van der Waals surface area contributed by atoms with Gasteiger partial charge in [-0.25, -0.2) is 0 Å². The molecule has 0 fully saturated rings. The maximum absolute atomic E-state index is 13.0. The number of thioether (sulfide) groups is 1. The first-order chi connectivity index (χ1) is 17.0. The monoisotopic (exact) mass is 484 g/mol. The van der Waals surface area contributed by atoms with Crippen LogP contribution >= 0.6 is 11.8 Å². The first kappa shape index (κ1) is 22.7. The number of carbonyl (C=O) groups excluding carboxylic acids is 2. The van der Waals surface area contributed by atoms with E-state index in [2.05, 4.69) is 44.5 Å². The van der Waals surface area contributed by atoms with Crippen molar-refractivity contribution in [2.45, 2.75) is 18.6 Å². The van der Waals surface area contributed by atoms with Gasteiger partial charge >= 0.3 is 0 Å². The Morgan fingerprint density at radius 1 is 0.914 bits per heavy atom. The van der Waals surface area contributed by atoms with Gasteiger partial charge in [0.1, 0.15) is 6.33 Å². The number of nitrogens with zero attached hydrogens (tertiary/aromatic N) is 4. The topological polar surface area (TPSA) is 93.8 Å². The zero-order valence-corrected chi connectivity index (χ0v) is 20.2. The zero-order valence-electron chi connectivity index (χ0n) is 19.4. The molecule has 2 heterocycles. The van der Waals surface area contributed by atoms with Crippen molar-refractivity contribution in [3.63, 3.8) is 0 Å². The second kappa shape index (κ2) is 9.63. The Kier molecular flexibility index (Phi) is 6.24. The summed E-state index contributed by atoms with van der Waals surface area (Å²) >= 11 is 1.29. The van der Waals surface area contributed by atoms with Crippen LogP contribution in [0.25, 0.3) is 21.8 Å². The zero-order chi connectivity index (χ0) is 24.4. The Bertz CT molecular complexity index is 1550. The van der Waals surface area contributed by atoms with Gasteiger partial charge in [0.2, 0.25) is 5.91 Å². The number of hydrogen-bond acceptors (Lipinski definition) is 5. The molecular formula is C26H24N6O2S. The summed E-state index contributed by atoms with van der Waals surface area (Å²) in [4.78, 5) is 25.3. The maximum Gasteiger partial charge on any atom is 0.255 e. The lowest BCUT2D eigenvalue weighted by Crippen LogP contribution is -2.16. The number of hydrogen-bond donors (Lipinski definition) is 2. The molecule has 5 aromatic rings. The van der Waals surface area contributed by atoms with Gasteiger partial charge < -0.3 is 19.8 Å². The first-order valence-electron chi connectivity index (χ1n) is 11.2. The highest BCUT2D eigenvalue weighted by atomic mass is 32.2. The van der Waals surface area contributed by atoms with Crippen molar-refractivity contribution in [1.82, 2.24) is 19.3 Å². The molecule has 2 amide bonds. The summed E-state index contributed by atoms with van der Waals surface area (Å²) in [5.74, 6) is -0.240. The Hall–Kier alpha value is -4.11. The van der Waals surface area contributed by atoms with E-state index in [9.17, 15) is 9.59 Å². The van der Waals surface area contributed by atoms with Gasteiger partial charge in [0, 0.05) is 52.3 Å². The number of amides is 2. The number of fused-ring (bicyclic) bond motifs is 3. The van der Waals surface area contributed by atoms with Crippen molar-refractivity contribution in [3.8, 4) is 0 Å². The van der Waals surface area contributed by atoms with Gasteiger partial charge in [0.25, 0.3) is 5.91 Å². The molecule has 0 aliphatic heterocycles. The minimum atomic E-state index is -0.242. The highest BCUT2D eigenvalue weighted by molar-refractivity contribution is 7.99. The molecule has 3 aromatic carbocycles. The van der Waals surface area contributed by atoms with Crippen LogP contribution in [0.4, 0.5) is 11.4 Å². The second-order valence-corrected chi connectivity index (χ2v) is 9.03. The Labute approximate surface area is 206 Å². The highest BCUT2D eigenvalue weighted by Crippen LogP contribution is 2.31. The number of carbonyl (C=O) groups is 2. The molecule has 9 heteroatoms. The van der Waals surface area contributed by atoms with Crippen LogP contribution in [0.15, 0.2) is 78.2 Å². The van der Waals surface area contributed by atoms with E-state index in [4.69, 9.17) is 0 Å². The summed E-state index contributed by atoms with van der Waals surface area (Å²) in [6, 6.07) is 21.1. The van der Waals surface area contributed by atoms with Crippen molar-refractivity contribution >= 4 is 56.8 Å². The number of anilines is 2. The molecular weight excluding hydrogens is 460 g/mol. The van der Waals surface area contributed by atoms with Crippen molar-refractivity contribution in [3.05, 3.63) is 78.6 Å². The lowest BCUT2D eigenvalue weighted by Gasteiger charge is -2.09. The summed E-state index contributed by atoms with van der Waals surface area (Å²) in [5.41, 5.74) is 4.04. The lowest BCUT2D eigenvalue weighted by molar-refractivity contribution is -0.113. The lowest BCUT2D eigenvalue weighted by atomic mass is 10.1. The fourth-order valence-corrected chi connectivity index (χ4v) is 4.83. The Balaban J connectivity index is 1.30. The summed E-state index contributed by atoms with van der Waals surface area (Å²) in [7, 11) is 1.82. The largest absolute Gasteiger partial charge is 0.341 e. The Morgan fingerprint density at radius 3 is 2.51 bits per heavy atom. The van der Waals surface area contributed by atoms with Crippen LogP contribution in [-0.4, -0.2) is 36.9 Å². The summed E-state index contributed by atoms with van der Waals surface area (Å²) < 4.78 is 4.02. The molecule has 0 aliphatic rings. The quantitative estimate of drug-likeness (QED) is 0.320. The van der Waals surface area contributed by atoms with Crippen LogP contribution in [0.3, 0.4) is 0 Å². The van der Waals surface area contributed by atoms with Crippen molar-refractivity contribution in [1.29, 1.82) is 0 Å². The molecule has 2 aromatic heterocycles. The molecule has 8 nitrogen and oxygen atoms in total. The average Bonchev–Trinajstić information content (AvgIpc) is 3.42. The van der Waals surface area contributed by atoms with Crippen molar-refractivity contribution in [2.24, 2.45) is 7.05 Å². The van der Waals surface area contributed by atoms with Crippen LogP contribution in [0, 0.1) is 0 Å². The van der Waals surface area contributed by atoms with Gasteiger partial charge in [-0.1, -0.05) is 36.0 Å². The van der Waals surface area contributed by atoms with Gasteiger partial charge in [-0.2, -0.15) is 0 Å². The van der Waals surface area contributed by atoms with Gasteiger partial charge in [-0.3, -0.25) is 9.59 Å². The van der Waals surface area contributed by atoms with Crippen LogP contribution in [0.5, 0.6) is 0 Å². The molecule has 0 atom stereocenters. The molecule has 0 aliphatic carbocycles. The SMILES string of the molecule is CCn1c2ccccc2c2cc(NC(=O)c3cccc(NC(=O)CSc4nncn4C)c3)ccc21. The van der Waals surface area contributed by atoms with Gasteiger partial charge in [0.05, 0.1) is 5.75 Å². The minimum Gasteiger partial charge on any atom is -0.341 e. The summed E-state index contributed by atoms with van der Waals surface area (Å²) in [5, 5.41) is 16.5. The highest BCUT2D eigenvalue weighted by Gasteiger charge is 2.13. The number of benzene rings is 3. The molecule has 0 saturated heterocycles. The average molecular weight is 485 g/mol. The van der Waals surface area contributed by atoms with Crippen LogP contribution in [0.2, 0.25) is 0 Å². The number of aromatic nitrogens is 4. The summed E-state index contributed by atoms with van der Waals surface area (Å²) in [6.07, 6.45) is 1.59. The third kappa shape index (κ3) is 4.63. The van der Waals surface area contributed by atoms with Crippen LogP contribution < -0.4 is 10.6 Å². The van der Waals surface area contributed by atoms with E-state index in [0.717, 1.165) is 28.5 Å². The number of rotatable bonds is 7.